The zero-order valence-corrected chi connectivity index (χ0v) is 27.1. The first kappa shape index (κ1) is 32.6. The maximum Gasteiger partial charge on any atom is 0.318 e. The molecule has 2 aromatic carbocycles. The van der Waals surface area contributed by atoms with Crippen molar-refractivity contribution in [3.05, 3.63) is 77.4 Å². The summed E-state index contributed by atoms with van der Waals surface area (Å²) in [5, 5.41) is 3.14. The van der Waals surface area contributed by atoms with Crippen LogP contribution >= 0.6 is 0 Å². The molecule has 0 unspecified atom stereocenters. The van der Waals surface area contributed by atoms with E-state index in [-0.39, 0.29) is 11.9 Å². The third kappa shape index (κ3) is 10.1. The van der Waals surface area contributed by atoms with Gasteiger partial charge in [-0.25, -0.2) is 4.79 Å². The maximum absolute atomic E-state index is 13.8. The molecule has 6 nitrogen and oxygen atoms in total. The number of aryl methyl sites for hydroxylation is 2. The van der Waals surface area contributed by atoms with E-state index in [0.29, 0.717) is 18.4 Å². The number of nitrogens with zero attached hydrogens (tertiary/aromatic N) is 3. The maximum atomic E-state index is 13.8. The van der Waals surface area contributed by atoms with Crippen LogP contribution in [0.3, 0.4) is 0 Å². The molecule has 0 bridgehead atoms. The number of urea groups is 1. The van der Waals surface area contributed by atoms with Crippen LogP contribution in [0.25, 0.3) is 0 Å². The predicted molar refractivity (Wildman–Crippen MR) is 178 cm³/mol. The summed E-state index contributed by atoms with van der Waals surface area (Å²) in [6.07, 6.45) is 11.3. The topological polar surface area (TPSA) is 55.9 Å². The number of carbonyl (C=O) groups excluding carboxylic acids is 2. The number of amides is 3. The summed E-state index contributed by atoms with van der Waals surface area (Å²) in [6, 6.07) is 19.6. The van der Waals surface area contributed by atoms with Crippen molar-refractivity contribution in [2.24, 2.45) is 5.92 Å². The summed E-state index contributed by atoms with van der Waals surface area (Å²) in [7, 11) is 0. The number of hydrogen-bond acceptors (Lipinski definition) is 3. The van der Waals surface area contributed by atoms with Crippen molar-refractivity contribution < 1.29 is 9.59 Å². The lowest BCUT2D eigenvalue weighted by atomic mass is 9.98. The molecule has 43 heavy (non-hydrogen) atoms. The van der Waals surface area contributed by atoms with Crippen LogP contribution in [0.5, 0.6) is 0 Å². The van der Waals surface area contributed by atoms with Gasteiger partial charge in [0.1, 0.15) is 6.04 Å². The van der Waals surface area contributed by atoms with Crippen LogP contribution in [0, 0.1) is 5.92 Å². The molecule has 0 aliphatic carbocycles. The molecule has 3 amide bonds. The SMILES string of the molecule is CC(C)=CCN(c1ccc(CCc2ccccc2)cc1)C1CCN(C(=O)[C@H](CC(C)C)NC(=O)N2CCCCCC2)CC1. The van der Waals surface area contributed by atoms with Crippen LogP contribution in [-0.2, 0) is 17.6 Å². The van der Waals surface area contributed by atoms with Crippen molar-refractivity contribution in [2.45, 2.75) is 97.6 Å². The molecule has 2 saturated heterocycles. The van der Waals surface area contributed by atoms with Gasteiger partial charge < -0.3 is 20.0 Å². The second-order valence-corrected chi connectivity index (χ2v) is 13.2. The fraction of sp³-hybridized carbons (Fsp3) is 0.568. The minimum Gasteiger partial charge on any atom is -0.365 e. The van der Waals surface area contributed by atoms with E-state index in [1.165, 1.54) is 35.2 Å². The molecule has 4 rings (SSSR count). The lowest BCUT2D eigenvalue weighted by molar-refractivity contribution is -0.134. The number of benzene rings is 2. The highest BCUT2D eigenvalue weighted by atomic mass is 16.2. The lowest BCUT2D eigenvalue weighted by Gasteiger charge is -2.40. The molecule has 0 radical (unpaired) electrons. The molecule has 0 saturated carbocycles. The Kier molecular flexibility index (Phi) is 12.5. The largest absolute Gasteiger partial charge is 0.365 e. The molecule has 0 aromatic heterocycles. The summed E-state index contributed by atoms with van der Waals surface area (Å²) >= 11 is 0. The number of nitrogens with one attached hydrogen (secondary N) is 1. The van der Waals surface area contributed by atoms with Gasteiger partial charge in [-0.2, -0.15) is 0 Å². The second kappa shape index (κ2) is 16.5. The van der Waals surface area contributed by atoms with Gasteiger partial charge in [-0.05, 0) is 88.0 Å². The van der Waals surface area contributed by atoms with Crippen LogP contribution in [0.15, 0.2) is 66.2 Å². The normalized spacial score (nSPS) is 16.9. The molecule has 0 spiro atoms. The molecule has 2 heterocycles. The average molecular weight is 587 g/mol. The van der Waals surface area contributed by atoms with E-state index in [0.717, 1.165) is 71.2 Å². The third-order valence-corrected chi connectivity index (χ3v) is 8.92. The molecule has 1 atom stereocenters. The number of allylic oxidation sites excluding steroid dienone is 1. The Balaban J connectivity index is 1.37. The standard InChI is InChI=1S/C37H54N4O2/c1-29(2)20-27-41(33-18-16-32(17-19-33)15-14-31-12-8-7-9-13-31)34-21-25-39(26-22-34)36(42)35(28-30(3)4)38-37(43)40-23-10-5-6-11-24-40/h7-9,12-13,16-20,30,34-35H,5-6,10-11,14-15,21-28H2,1-4H3,(H,38,43)/t35-/m0/s1. The minimum atomic E-state index is -0.461. The van der Waals surface area contributed by atoms with Crippen molar-refractivity contribution in [2.75, 3.05) is 37.6 Å². The first-order chi connectivity index (χ1) is 20.8. The summed E-state index contributed by atoms with van der Waals surface area (Å²) in [6.45, 7) is 12.4. The zero-order chi connectivity index (χ0) is 30.6. The van der Waals surface area contributed by atoms with Crippen LogP contribution in [0.2, 0.25) is 0 Å². The Labute approximate surface area is 260 Å². The average Bonchev–Trinajstić information content (AvgIpc) is 3.30. The summed E-state index contributed by atoms with van der Waals surface area (Å²) < 4.78 is 0. The Hall–Kier alpha value is -3.28. The molecule has 1 N–H and O–H groups in total. The van der Waals surface area contributed by atoms with E-state index < -0.39 is 6.04 Å². The van der Waals surface area contributed by atoms with Crippen molar-refractivity contribution in [3.8, 4) is 0 Å². The van der Waals surface area contributed by atoms with Gasteiger partial charge in [0.05, 0.1) is 0 Å². The Bertz CT molecular complexity index is 1160. The van der Waals surface area contributed by atoms with Crippen LogP contribution in [0.1, 0.15) is 83.8 Å². The highest BCUT2D eigenvalue weighted by molar-refractivity contribution is 5.87. The van der Waals surface area contributed by atoms with Crippen LogP contribution in [-0.4, -0.2) is 66.5 Å². The highest BCUT2D eigenvalue weighted by Crippen LogP contribution is 2.26. The molecular weight excluding hydrogens is 532 g/mol. The van der Waals surface area contributed by atoms with E-state index in [1.807, 2.05) is 9.80 Å². The summed E-state index contributed by atoms with van der Waals surface area (Å²) in [5.74, 6) is 0.403. The second-order valence-electron chi connectivity index (χ2n) is 13.2. The molecule has 2 aliphatic heterocycles. The van der Waals surface area contributed by atoms with E-state index in [2.05, 4.69) is 98.6 Å². The Morgan fingerprint density at radius 1 is 0.837 bits per heavy atom. The third-order valence-electron chi connectivity index (χ3n) is 8.92. The van der Waals surface area contributed by atoms with Crippen LogP contribution < -0.4 is 10.2 Å². The number of piperidine rings is 1. The first-order valence-electron chi connectivity index (χ1n) is 16.7. The van der Waals surface area contributed by atoms with Crippen LogP contribution in [0.4, 0.5) is 10.5 Å². The smallest absolute Gasteiger partial charge is 0.318 e. The molecule has 2 aromatic rings. The molecule has 2 fully saturated rings. The molecule has 234 valence electrons. The van der Waals surface area contributed by atoms with Crippen molar-refractivity contribution >= 4 is 17.6 Å². The van der Waals surface area contributed by atoms with Gasteiger partial charge in [0.25, 0.3) is 0 Å². The highest BCUT2D eigenvalue weighted by Gasteiger charge is 2.32. The van der Waals surface area contributed by atoms with Crippen molar-refractivity contribution in [1.82, 2.24) is 15.1 Å². The summed E-state index contributed by atoms with van der Waals surface area (Å²) in [5.41, 5.74) is 5.28. The first-order valence-corrected chi connectivity index (χ1v) is 16.7. The summed E-state index contributed by atoms with van der Waals surface area (Å²) in [4.78, 5) is 33.3. The van der Waals surface area contributed by atoms with E-state index in [1.54, 1.807) is 0 Å². The lowest BCUT2D eigenvalue weighted by Crippen LogP contribution is -2.55. The van der Waals surface area contributed by atoms with E-state index in [4.69, 9.17) is 0 Å². The van der Waals surface area contributed by atoms with Gasteiger partial charge in [-0.1, -0.05) is 80.8 Å². The molecular formula is C37H54N4O2. The number of likely N-dealkylation sites (tertiary alicyclic amines) is 2. The Morgan fingerprint density at radius 3 is 2.02 bits per heavy atom. The van der Waals surface area contributed by atoms with E-state index >= 15 is 0 Å². The molecule has 2 aliphatic rings. The predicted octanol–water partition coefficient (Wildman–Crippen LogP) is 7.24. The molecule has 6 heteroatoms. The van der Waals surface area contributed by atoms with Gasteiger partial charge >= 0.3 is 6.03 Å². The number of rotatable bonds is 11. The fourth-order valence-electron chi connectivity index (χ4n) is 6.36. The number of anilines is 1. The van der Waals surface area contributed by atoms with Gasteiger partial charge in [0, 0.05) is 44.5 Å². The monoisotopic (exact) mass is 586 g/mol. The quantitative estimate of drug-likeness (QED) is 0.283. The van der Waals surface area contributed by atoms with Gasteiger partial charge in [0.15, 0.2) is 0 Å². The number of carbonyl (C=O) groups is 2. The van der Waals surface area contributed by atoms with Gasteiger partial charge in [-0.15, -0.1) is 0 Å². The van der Waals surface area contributed by atoms with Gasteiger partial charge in [0.2, 0.25) is 5.91 Å². The fourth-order valence-corrected chi connectivity index (χ4v) is 6.36. The number of hydrogen-bond donors (Lipinski definition) is 1. The minimum absolute atomic E-state index is 0.0732. The van der Waals surface area contributed by atoms with Gasteiger partial charge in [-0.3, -0.25) is 4.79 Å². The van der Waals surface area contributed by atoms with Crippen molar-refractivity contribution in [3.63, 3.8) is 0 Å². The Morgan fingerprint density at radius 2 is 1.44 bits per heavy atom. The zero-order valence-electron chi connectivity index (χ0n) is 27.1. The van der Waals surface area contributed by atoms with E-state index in [9.17, 15) is 9.59 Å². The van der Waals surface area contributed by atoms with Crippen molar-refractivity contribution in [1.29, 1.82) is 0 Å².